The first-order valence-electron chi connectivity index (χ1n) is 3.46. The third-order valence-corrected chi connectivity index (χ3v) is 1.21. The zero-order valence-electron chi connectivity index (χ0n) is 7.29. The molecule has 0 aliphatic rings. The molecular weight excluding hydrogens is 148 g/mol. The molecule has 0 heterocycles. The zero-order chi connectivity index (χ0) is 7.28. The average molecular weight is 166 g/mol. The van der Waals surface area contributed by atoms with Gasteiger partial charge in [-0.1, -0.05) is 0 Å². The van der Waals surface area contributed by atoms with Crippen LogP contribution in [0.25, 0.3) is 0 Å². The van der Waals surface area contributed by atoms with Gasteiger partial charge in [0.1, 0.15) is 0 Å². The van der Waals surface area contributed by atoms with Crippen LogP contribution in [0.15, 0.2) is 0 Å². The van der Waals surface area contributed by atoms with E-state index in [2.05, 4.69) is 29.7 Å². The van der Waals surface area contributed by atoms with Gasteiger partial charge in [0.15, 0.2) is 0 Å². The summed E-state index contributed by atoms with van der Waals surface area (Å²) in [5.74, 6) is 0. The maximum absolute atomic E-state index is 2.25. The van der Waals surface area contributed by atoms with E-state index >= 15 is 0 Å². The first-order valence-corrected chi connectivity index (χ1v) is 3.46. The van der Waals surface area contributed by atoms with E-state index < -0.39 is 0 Å². The SMILES string of the molecule is CCN(C=[N+](C)C)CC.Cl. The predicted octanol–water partition coefficient (Wildman–Crippen LogP) is 1.05. The average Bonchev–Trinajstić information content (AvgIpc) is 1.82. The second-order valence-electron chi connectivity index (χ2n) is 2.30. The summed E-state index contributed by atoms with van der Waals surface area (Å²) in [6.45, 7) is 6.50. The van der Waals surface area contributed by atoms with Crippen molar-refractivity contribution in [3.63, 3.8) is 0 Å². The van der Waals surface area contributed by atoms with Crippen molar-refractivity contribution in [2.24, 2.45) is 0 Å². The lowest BCUT2D eigenvalue weighted by Gasteiger charge is -2.06. The molecule has 0 aromatic heterocycles. The Morgan fingerprint density at radius 2 is 1.60 bits per heavy atom. The molecule has 0 aliphatic carbocycles. The topological polar surface area (TPSA) is 6.25 Å². The molecule has 0 amide bonds. The molecule has 0 aromatic carbocycles. The lowest BCUT2D eigenvalue weighted by atomic mass is 10.6. The van der Waals surface area contributed by atoms with E-state index in [-0.39, 0.29) is 12.4 Å². The first kappa shape index (κ1) is 12.4. The van der Waals surface area contributed by atoms with E-state index in [0.29, 0.717) is 0 Å². The van der Waals surface area contributed by atoms with Crippen LogP contribution in [-0.4, -0.2) is 43.0 Å². The molecule has 0 atom stereocenters. The van der Waals surface area contributed by atoms with Gasteiger partial charge in [0.25, 0.3) is 0 Å². The van der Waals surface area contributed by atoms with Crippen LogP contribution in [0.3, 0.4) is 0 Å². The minimum absolute atomic E-state index is 0. The minimum atomic E-state index is 0. The van der Waals surface area contributed by atoms with Gasteiger partial charge in [-0.15, -0.1) is 12.4 Å². The highest BCUT2D eigenvalue weighted by Crippen LogP contribution is 1.78. The van der Waals surface area contributed by atoms with Crippen molar-refractivity contribution >= 4 is 18.7 Å². The van der Waals surface area contributed by atoms with Crippen molar-refractivity contribution in [3.05, 3.63) is 0 Å². The standard InChI is InChI=1S/C7H17N2.ClH/c1-5-9(6-2)7-8(3)4;/h7H,5-6H2,1-4H3;1H/q+1;. The van der Waals surface area contributed by atoms with Crippen molar-refractivity contribution in [1.29, 1.82) is 0 Å². The van der Waals surface area contributed by atoms with Crippen LogP contribution >= 0.6 is 12.4 Å². The summed E-state index contributed by atoms with van der Waals surface area (Å²) in [7, 11) is 4.08. The normalized spacial score (nSPS) is 8.00. The van der Waals surface area contributed by atoms with Crippen LogP contribution in [0.1, 0.15) is 13.8 Å². The highest BCUT2D eigenvalue weighted by atomic mass is 35.5. The molecule has 0 fully saturated rings. The number of rotatable bonds is 3. The molecule has 0 radical (unpaired) electrons. The van der Waals surface area contributed by atoms with Crippen molar-refractivity contribution in [3.8, 4) is 0 Å². The van der Waals surface area contributed by atoms with Gasteiger partial charge < -0.3 is 0 Å². The summed E-state index contributed by atoms with van der Waals surface area (Å²) in [5, 5.41) is 0. The van der Waals surface area contributed by atoms with Gasteiger partial charge in [0.2, 0.25) is 6.34 Å². The van der Waals surface area contributed by atoms with Crippen LogP contribution < -0.4 is 0 Å². The Labute approximate surface area is 69.9 Å². The van der Waals surface area contributed by atoms with Gasteiger partial charge >= 0.3 is 0 Å². The third kappa shape index (κ3) is 5.89. The lowest BCUT2D eigenvalue weighted by Crippen LogP contribution is -2.25. The van der Waals surface area contributed by atoms with Crippen LogP contribution in [0.2, 0.25) is 0 Å². The Balaban J connectivity index is 0. The Hall–Kier alpha value is -0.240. The van der Waals surface area contributed by atoms with Crippen LogP contribution in [0.4, 0.5) is 0 Å². The van der Waals surface area contributed by atoms with E-state index in [1.165, 1.54) is 0 Å². The predicted molar refractivity (Wildman–Crippen MR) is 48.3 cm³/mol. The molecule has 0 bridgehead atoms. The minimum Gasteiger partial charge on any atom is -0.274 e. The second kappa shape index (κ2) is 6.87. The number of hydrogen-bond acceptors (Lipinski definition) is 0. The van der Waals surface area contributed by atoms with Crippen LogP contribution in [0, 0.1) is 0 Å². The molecule has 2 nitrogen and oxygen atoms in total. The molecule has 10 heavy (non-hydrogen) atoms. The maximum atomic E-state index is 2.25. The quantitative estimate of drug-likeness (QED) is 0.344. The summed E-state index contributed by atoms with van der Waals surface area (Å²) in [6, 6.07) is 0. The smallest absolute Gasteiger partial charge is 0.233 e. The molecule has 0 rings (SSSR count). The fraction of sp³-hybridized carbons (Fsp3) is 0.857. The molecular formula is C7H18ClN2+. The Bertz CT molecular complexity index is 93.8. The fourth-order valence-corrected chi connectivity index (χ4v) is 0.714. The Morgan fingerprint density at radius 3 is 1.70 bits per heavy atom. The number of nitrogens with zero attached hydrogens (tertiary/aromatic N) is 2. The molecule has 0 saturated carbocycles. The van der Waals surface area contributed by atoms with Gasteiger partial charge in [-0.25, -0.2) is 0 Å². The Kier molecular flexibility index (Phi) is 8.55. The highest BCUT2D eigenvalue weighted by Gasteiger charge is 1.96. The summed E-state index contributed by atoms with van der Waals surface area (Å²) in [5.41, 5.74) is 0. The summed E-state index contributed by atoms with van der Waals surface area (Å²) < 4.78 is 2.06. The second-order valence-corrected chi connectivity index (χ2v) is 2.30. The molecule has 0 aromatic rings. The maximum Gasteiger partial charge on any atom is 0.233 e. The van der Waals surface area contributed by atoms with E-state index in [0.717, 1.165) is 13.1 Å². The molecule has 0 saturated heterocycles. The van der Waals surface area contributed by atoms with E-state index in [9.17, 15) is 0 Å². The largest absolute Gasteiger partial charge is 0.274 e. The third-order valence-electron chi connectivity index (χ3n) is 1.21. The molecule has 0 unspecified atom stereocenters. The summed E-state index contributed by atoms with van der Waals surface area (Å²) in [4.78, 5) is 2.25. The van der Waals surface area contributed by atoms with Gasteiger partial charge in [0, 0.05) is 0 Å². The number of halogens is 1. The van der Waals surface area contributed by atoms with E-state index in [4.69, 9.17) is 0 Å². The summed E-state index contributed by atoms with van der Waals surface area (Å²) in [6.07, 6.45) is 2.11. The summed E-state index contributed by atoms with van der Waals surface area (Å²) >= 11 is 0. The number of hydrogen-bond donors (Lipinski definition) is 0. The van der Waals surface area contributed by atoms with Gasteiger partial charge in [-0.3, -0.25) is 9.48 Å². The molecule has 0 N–H and O–H groups in total. The van der Waals surface area contributed by atoms with Crippen LogP contribution in [0.5, 0.6) is 0 Å². The van der Waals surface area contributed by atoms with Crippen LogP contribution in [-0.2, 0) is 0 Å². The van der Waals surface area contributed by atoms with E-state index in [1.807, 2.05) is 14.1 Å². The monoisotopic (exact) mass is 165 g/mol. The molecule has 3 heteroatoms. The zero-order valence-corrected chi connectivity index (χ0v) is 8.11. The lowest BCUT2D eigenvalue weighted by molar-refractivity contribution is -0.464. The van der Waals surface area contributed by atoms with Gasteiger partial charge in [-0.2, -0.15) is 0 Å². The van der Waals surface area contributed by atoms with Crippen molar-refractivity contribution in [2.45, 2.75) is 13.8 Å². The van der Waals surface area contributed by atoms with Crippen molar-refractivity contribution in [1.82, 2.24) is 4.90 Å². The molecule has 0 aliphatic heterocycles. The highest BCUT2D eigenvalue weighted by molar-refractivity contribution is 5.85. The van der Waals surface area contributed by atoms with E-state index in [1.54, 1.807) is 0 Å². The first-order chi connectivity index (χ1) is 4.20. The van der Waals surface area contributed by atoms with Crippen molar-refractivity contribution < 1.29 is 4.58 Å². The molecule has 62 valence electrons. The van der Waals surface area contributed by atoms with Gasteiger partial charge in [-0.05, 0) is 13.8 Å². The van der Waals surface area contributed by atoms with Gasteiger partial charge in [0.05, 0.1) is 27.2 Å². The van der Waals surface area contributed by atoms with Crippen molar-refractivity contribution in [2.75, 3.05) is 27.2 Å². The fourth-order valence-electron chi connectivity index (χ4n) is 0.714. The molecule has 0 spiro atoms. The Morgan fingerprint density at radius 1 is 1.20 bits per heavy atom.